The fraction of sp³-hybridized carbons (Fsp3) is 0.533. The van der Waals surface area contributed by atoms with Gasteiger partial charge in [-0.05, 0) is 12.0 Å². The maximum absolute atomic E-state index is 12.0. The molecule has 1 aliphatic rings. The highest BCUT2D eigenvalue weighted by Crippen LogP contribution is 2.25. The van der Waals surface area contributed by atoms with E-state index in [4.69, 9.17) is 11.6 Å². The Bertz CT molecular complexity index is 479. The minimum atomic E-state index is -0.684. The van der Waals surface area contributed by atoms with Crippen molar-refractivity contribution in [3.8, 4) is 0 Å². The van der Waals surface area contributed by atoms with Gasteiger partial charge in [0.25, 0.3) is 0 Å². The molecular weight excluding hydrogens is 276 g/mol. The number of hydrogen-bond donors (Lipinski definition) is 2. The number of carbonyl (C=O) groups is 1. The minimum Gasteiger partial charge on any atom is -0.387 e. The molecule has 0 aliphatic carbocycles. The summed E-state index contributed by atoms with van der Waals surface area (Å²) in [4.78, 5) is 14.0. The molecule has 1 fully saturated rings. The maximum atomic E-state index is 12.0. The SMILES string of the molecule is CC(C)C1C(=O)NCCN1CC(O)c1ccccc1Cl. The number of aliphatic hydroxyl groups excluding tert-OH is 1. The predicted octanol–water partition coefficient (Wildman–Crippen LogP) is 1.83. The van der Waals surface area contributed by atoms with E-state index in [0.717, 1.165) is 6.54 Å². The van der Waals surface area contributed by atoms with Crippen LogP contribution in [0.2, 0.25) is 5.02 Å². The first-order chi connectivity index (χ1) is 9.50. The van der Waals surface area contributed by atoms with Crippen LogP contribution in [0.3, 0.4) is 0 Å². The van der Waals surface area contributed by atoms with Gasteiger partial charge in [-0.1, -0.05) is 43.6 Å². The predicted molar refractivity (Wildman–Crippen MR) is 79.6 cm³/mol. The molecule has 0 saturated carbocycles. The lowest BCUT2D eigenvalue weighted by Crippen LogP contribution is -2.58. The molecule has 2 unspecified atom stereocenters. The van der Waals surface area contributed by atoms with Crippen molar-refractivity contribution in [1.82, 2.24) is 10.2 Å². The van der Waals surface area contributed by atoms with E-state index in [1.165, 1.54) is 0 Å². The molecule has 5 heteroatoms. The smallest absolute Gasteiger partial charge is 0.237 e. The number of nitrogens with one attached hydrogen (secondary N) is 1. The molecule has 2 atom stereocenters. The van der Waals surface area contributed by atoms with Crippen LogP contribution in [0, 0.1) is 5.92 Å². The molecule has 0 spiro atoms. The summed E-state index contributed by atoms with van der Waals surface area (Å²) in [6.07, 6.45) is -0.684. The van der Waals surface area contributed by atoms with Crippen LogP contribution in [0.4, 0.5) is 0 Å². The van der Waals surface area contributed by atoms with Gasteiger partial charge in [-0.2, -0.15) is 0 Å². The van der Waals surface area contributed by atoms with E-state index >= 15 is 0 Å². The second-order valence-electron chi connectivity index (χ2n) is 5.51. The van der Waals surface area contributed by atoms with Crippen LogP contribution in [0.15, 0.2) is 24.3 Å². The standard InChI is InChI=1S/C15H21ClN2O2/c1-10(2)14-15(20)17-7-8-18(14)9-13(19)11-5-3-4-6-12(11)16/h3-6,10,13-14,19H,7-9H2,1-2H3,(H,17,20). The largest absolute Gasteiger partial charge is 0.387 e. The van der Waals surface area contributed by atoms with Gasteiger partial charge in [0.1, 0.15) is 0 Å². The van der Waals surface area contributed by atoms with E-state index in [2.05, 4.69) is 5.32 Å². The lowest BCUT2D eigenvalue weighted by atomic mass is 9.98. The molecule has 20 heavy (non-hydrogen) atoms. The highest BCUT2D eigenvalue weighted by Gasteiger charge is 2.33. The summed E-state index contributed by atoms with van der Waals surface area (Å²) in [6.45, 7) is 5.82. The summed E-state index contributed by atoms with van der Waals surface area (Å²) in [6, 6.07) is 7.09. The number of hydrogen-bond acceptors (Lipinski definition) is 3. The summed E-state index contributed by atoms with van der Waals surface area (Å²) in [5.41, 5.74) is 0.711. The first-order valence-electron chi connectivity index (χ1n) is 6.95. The van der Waals surface area contributed by atoms with Crippen LogP contribution >= 0.6 is 11.6 Å². The average molecular weight is 297 g/mol. The Balaban J connectivity index is 2.11. The first kappa shape index (κ1) is 15.3. The number of benzene rings is 1. The van der Waals surface area contributed by atoms with E-state index in [1.54, 1.807) is 6.07 Å². The molecule has 1 aliphatic heterocycles. The summed E-state index contributed by atoms with van der Waals surface area (Å²) < 4.78 is 0. The summed E-state index contributed by atoms with van der Waals surface area (Å²) in [5, 5.41) is 13.8. The van der Waals surface area contributed by atoms with Gasteiger partial charge in [0.2, 0.25) is 5.91 Å². The molecule has 2 N–H and O–H groups in total. The molecule has 110 valence electrons. The molecule has 1 aromatic rings. The van der Waals surface area contributed by atoms with Crippen LogP contribution < -0.4 is 5.32 Å². The van der Waals surface area contributed by atoms with Crippen molar-refractivity contribution in [2.24, 2.45) is 5.92 Å². The third-order valence-corrected chi connectivity index (χ3v) is 4.01. The Hall–Kier alpha value is -1.10. The van der Waals surface area contributed by atoms with Gasteiger partial charge >= 0.3 is 0 Å². The zero-order chi connectivity index (χ0) is 14.7. The molecule has 1 saturated heterocycles. The Morgan fingerprint density at radius 2 is 2.15 bits per heavy atom. The second kappa shape index (κ2) is 6.57. The molecule has 1 heterocycles. The van der Waals surface area contributed by atoms with Crippen molar-refractivity contribution in [3.05, 3.63) is 34.9 Å². The number of piperazine rings is 1. The molecule has 1 amide bonds. The van der Waals surface area contributed by atoms with Crippen LogP contribution in [0.5, 0.6) is 0 Å². The summed E-state index contributed by atoms with van der Waals surface area (Å²) in [7, 11) is 0. The molecule has 1 aromatic carbocycles. The van der Waals surface area contributed by atoms with Gasteiger partial charge in [-0.3, -0.25) is 9.69 Å². The van der Waals surface area contributed by atoms with Gasteiger partial charge < -0.3 is 10.4 Å². The van der Waals surface area contributed by atoms with Crippen LogP contribution in [-0.4, -0.2) is 41.6 Å². The van der Waals surface area contributed by atoms with Crippen molar-refractivity contribution in [2.45, 2.75) is 26.0 Å². The zero-order valence-electron chi connectivity index (χ0n) is 11.8. The fourth-order valence-electron chi connectivity index (χ4n) is 2.73. The summed E-state index contributed by atoms with van der Waals surface area (Å²) >= 11 is 6.11. The number of nitrogens with zero attached hydrogens (tertiary/aromatic N) is 1. The minimum absolute atomic E-state index is 0.0395. The monoisotopic (exact) mass is 296 g/mol. The fourth-order valence-corrected chi connectivity index (χ4v) is 2.99. The van der Waals surface area contributed by atoms with Crippen molar-refractivity contribution >= 4 is 17.5 Å². The molecular formula is C15H21ClN2O2. The second-order valence-corrected chi connectivity index (χ2v) is 5.92. The Labute approximate surface area is 124 Å². The topological polar surface area (TPSA) is 52.6 Å². The number of aliphatic hydroxyl groups is 1. The third-order valence-electron chi connectivity index (χ3n) is 3.66. The molecule has 2 rings (SSSR count). The maximum Gasteiger partial charge on any atom is 0.237 e. The van der Waals surface area contributed by atoms with Gasteiger partial charge in [0.15, 0.2) is 0 Å². The van der Waals surface area contributed by atoms with E-state index in [0.29, 0.717) is 23.7 Å². The van der Waals surface area contributed by atoms with Crippen molar-refractivity contribution < 1.29 is 9.90 Å². The Kier molecular flexibility index (Phi) is 5.02. The molecule has 0 aromatic heterocycles. The molecule has 0 radical (unpaired) electrons. The number of β-amino-alcohol motifs (C(OH)–C–C–N with tert-alkyl or cyclic N) is 1. The average Bonchev–Trinajstić information content (AvgIpc) is 2.38. The van der Waals surface area contributed by atoms with Gasteiger partial charge in [0, 0.05) is 30.2 Å². The number of carbonyl (C=O) groups excluding carboxylic acids is 1. The van der Waals surface area contributed by atoms with Crippen molar-refractivity contribution in [3.63, 3.8) is 0 Å². The van der Waals surface area contributed by atoms with Crippen LogP contribution in [-0.2, 0) is 4.79 Å². The van der Waals surface area contributed by atoms with Gasteiger partial charge in [-0.15, -0.1) is 0 Å². The molecule has 0 bridgehead atoms. The van der Waals surface area contributed by atoms with E-state index < -0.39 is 6.10 Å². The van der Waals surface area contributed by atoms with Gasteiger partial charge in [0.05, 0.1) is 12.1 Å². The normalized spacial score (nSPS) is 21.9. The van der Waals surface area contributed by atoms with E-state index in [1.807, 2.05) is 36.9 Å². The van der Waals surface area contributed by atoms with Crippen LogP contribution in [0.1, 0.15) is 25.5 Å². The Morgan fingerprint density at radius 3 is 2.80 bits per heavy atom. The zero-order valence-corrected chi connectivity index (χ0v) is 12.6. The highest BCUT2D eigenvalue weighted by atomic mass is 35.5. The third kappa shape index (κ3) is 3.32. The van der Waals surface area contributed by atoms with Gasteiger partial charge in [-0.25, -0.2) is 0 Å². The lowest BCUT2D eigenvalue weighted by molar-refractivity contribution is -0.131. The number of rotatable bonds is 4. The molecule has 4 nitrogen and oxygen atoms in total. The number of halogens is 1. The van der Waals surface area contributed by atoms with Crippen LogP contribution in [0.25, 0.3) is 0 Å². The number of amides is 1. The van der Waals surface area contributed by atoms with Crippen molar-refractivity contribution in [1.29, 1.82) is 0 Å². The van der Waals surface area contributed by atoms with E-state index in [9.17, 15) is 9.90 Å². The van der Waals surface area contributed by atoms with Crippen molar-refractivity contribution in [2.75, 3.05) is 19.6 Å². The first-order valence-corrected chi connectivity index (χ1v) is 7.32. The highest BCUT2D eigenvalue weighted by molar-refractivity contribution is 6.31. The quantitative estimate of drug-likeness (QED) is 0.891. The summed E-state index contributed by atoms with van der Waals surface area (Å²) in [5.74, 6) is 0.242. The Morgan fingerprint density at radius 1 is 1.45 bits per heavy atom. The lowest BCUT2D eigenvalue weighted by Gasteiger charge is -2.38. The van der Waals surface area contributed by atoms with E-state index in [-0.39, 0.29) is 17.9 Å².